The summed E-state index contributed by atoms with van der Waals surface area (Å²) in [6.07, 6.45) is 19.8. The molecule has 0 radical (unpaired) electrons. The van der Waals surface area contributed by atoms with Gasteiger partial charge in [0.1, 0.15) is 0 Å². The molecule has 2 aromatic rings. The van der Waals surface area contributed by atoms with E-state index >= 15 is 0 Å². The van der Waals surface area contributed by atoms with Gasteiger partial charge in [0.05, 0.1) is 11.4 Å². The molecule has 34 heavy (non-hydrogen) atoms. The second-order valence-corrected chi connectivity index (χ2v) is 10.2. The van der Waals surface area contributed by atoms with Gasteiger partial charge in [0, 0.05) is 18.8 Å². The summed E-state index contributed by atoms with van der Waals surface area (Å²) in [5, 5.41) is 9.67. The van der Waals surface area contributed by atoms with E-state index in [0.717, 1.165) is 29.9 Å². The van der Waals surface area contributed by atoms with Crippen LogP contribution in [0.4, 0.5) is 0 Å². The Labute approximate surface area is 204 Å². The first-order valence-electron chi connectivity index (χ1n) is 13.0. The Morgan fingerprint density at radius 3 is 2.74 bits per heavy atom. The predicted octanol–water partition coefficient (Wildman–Crippen LogP) is 5.22. The first-order valence-corrected chi connectivity index (χ1v) is 13.0. The fourth-order valence-corrected chi connectivity index (χ4v) is 5.68. The molecular formula is C31H37N3. The number of benzene rings is 1. The van der Waals surface area contributed by atoms with Crippen molar-refractivity contribution in [3.05, 3.63) is 87.7 Å². The van der Waals surface area contributed by atoms with Gasteiger partial charge in [0.15, 0.2) is 0 Å². The number of dihydropyridines is 1. The van der Waals surface area contributed by atoms with E-state index in [0.29, 0.717) is 5.41 Å². The van der Waals surface area contributed by atoms with Gasteiger partial charge in [-0.3, -0.25) is 4.98 Å². The topological polar surface area (TPSA) is 37.0 Å². The molecule has 1 aromatic heterocycles. The smallest absolute Gasteiger partial charge is 0.0870 e. The Kier molecular flexibility index (Phi) is 6.82. The third-order valence-electron chi connectivity index (χ3n) is 7.56. The van der Waals surface area contributed by atoms with Gasteiger partial charge in [-0.25, -0.2) is 0 Å². The van der Waals surface area contributed by atoms with Crippen molar-refractivity contribution < 1.29 is 0 Å². The second kappa shape index (κ2) is 10.1. The van der Waals surface area contributed by atoms with Gasteiger partial charge < -0.3 is 10.6 Å². The van der Waals surface area contributed by atoms with Crippen LogP contribution in [0.5, 0.6) is 0 Å². The number of hydrogen-bond donors (Lipinski definition) is 2. The number of rotatable bonds is 8. The quantitative estimate of drug-likeness (QED) is 0.578. The molecular weight excluding hydrogens is 414 g/mol. The molecule has 1 aromatic carbocycles. The van der Waals surface area contributed by atoms with Gasteiger partial charge in [0.2, 0.25) is 0 Å². The maximum atomic E-state index is 4.78. The van der Waals surface area contributed by atoms with Gasteiger partial charge in [-0.05, 0) is 96.8 Å². The Bertz CT molecular complexity index is 1260. The summed E-state index contributed by atoms with van der Waals surface area (Å²) in [6.45, 7) is 6.78. The third-order valence-corrected chi connectivity index (χ3v) is 7.56. The number of nitrogens with one attached hydrogen (secondary N) is 2. The summed E-state index contributed by atoms with van der Waals surface area (Å²) in [6, 6.07) is 13.2. The van der Waals surface area contributed by atoms with E-state index in [4.69, 9.17) is 4.98 Å². The van der Waals surface area contributed by atoms with Gasteiger partial charge in [-0.2, -0.15) is 0 Å². The zero-order chi connectivity index (χ0) is 23.4. The van der Waals surface area contributed by atoms with Crippen LogP contribution >= 0.6 is 0 Å². The third kappa shape index (κ3) is 4.95. The molecule has 176 valence electrons. The first kappa shape index (κ1) is 22.9. The van der Waals surface area contributed by atoms with Crippen molar-refractivity contribution in [1.82, 2.24) is 15.6 Å². The van der Waals surface area contributed by atoms with Crippen LogP contribution in [0.15, 0.2) is 60.3 Å². The highest BCUT2D eigenvalue weighted by Gasteiger charge is 2.34. The molecule has 3 heterocycles. The number of allylic oxidation sites excluding steroid dienone is 4. The molecule has 1 saturated heterocycles. The highest BCUT2D eigenvalue weighted by molar-refractivity contribution is 5.90. The SMILES string of the molecule is CCCC1(CCCC2=CCC=c3ccc(C4=C(c5cccc(C)n5)NC=CC4)cc3=C2)CNC1. The van der Waals surface area contributed by atoms with Gasteiger partial charge in [0.25, 0.3) is 0 Å². The molecule has 1 fully saturated rings. The van der Waals surface area contributed by atoms with Crippen molar-refractivity contribution in [2.45, 2.75) is 58.8 Å². The fraction of sp³-hybridized carbons (Fsp3) is 0.387. The molecule has 0 spiro atoms. The summed E-state index contributed by atoms with van der Waals surface area (Å²) < 4.78 is 0. The predicted molar refractivity (Wildman–Crippen MR) is 144 cm³/mol. The molecule has 0 atom stereocenters. The lowest BCUT2D eigenvalue weighted by Crippen LogP contribution is -2.53. The minimum atomic E-state index is 0.561. The lowest BCUT2D eigenvalue weighted by Gasteiger charge is -2.43. The van der Waals surface area contributed by atoms with Crippen molar-refractivity contribution >= 4 is 23.4 Å². The van der Waals surface area contributed by atoms with Gasteiger partial charge in [-0.15, -0.1) is 0 Å². The molecule has 3 nitrogen and oxygen atoms in total. The molecule has 3 aliphatic rings. The Morgan fingerprint density at radius 1 is 1.03 bits per heavy atom. The summed E-state index contributed by atoms with van der Waals surface area (Å²) in [5.74, 6) is 0. The summed E-state index contributed by atoms with van der Waals surface area (Å²) in [4.78, 5) is 4.78. The molecule has 0 unspecified atom stereocenters. The minimum absolute atomic E-state index is 0.561. The van der Waals surface area contributed by atoms with Crippen LogP contribution < -0.4 is 21.1 Å². The largest absolute Gasteiger partial charge is 0.360 e. The Balaban J connectivity index is 1.41. The van der Waals surface area contributed by atoms with E-state index in [1.807, 2.05) is 6.20 Å². The van der Waals surface area contributed by atoms with Crippen molar-refractivity contribution in [3.63, 3.8) is 0 Å². The zero-order valence-corrected chi connectivity index (χ0v) is 20.7. The van der Waals surface area contributed by atoms with E-state index in [1.165, 1.54) is 72.3 Å². The molecule has 3 heteroatoms. The number of pyridine rings is 1. The Hall–Kier alpha value is -2.91. The number of nitrogens with zero attached hydrogens (tertiary/aromatic N) is 1. The highest BCUT2D eigenvalue weighted by atomic mass is 15.0. The zero-order valence-electron chi connectivity index (χ0n) is 20.7. The van der Waals surface area contributed by atoms with Crippen LogP contribution in [0.3, 0.4) is 0 Å². The van der Waals surface area contributed by atoms with Crippen LogP contribution in [0, 0.1) is 12.3 Å². The minimum Gasteiger partial charge on any atom is -0.360 e. The molecule has 0 saturated carbocycles. The summed E-state index contributed by atoms with van der Waals surface area (Å²) in [5.41, 5.74) is 7.81. The number of hydrogen-bond acceptors (Lipinski definition) is 3. The van der Waals surface area contributed by atoms with Crippen molar-refractivity contribution in [2.75, 3.05) is 13.1 Å². The maximum Gasteiger partial charge on any atom is 0.0870 e. The number of fused-ring (bicyclic) bond motifs is 1. The molecule has 2 aliphatic heterocycles. The standard InChI is InChI=1S/C31H37N3/c1-3-16-31(21-32-22-31)17-6-10-24-9-5-11-25-14-15-26(20-27(25)19-24)28-12-7-18-33-30(28)29-13-4-8-23(2)34-29/h4,7-9,11,13-15,18-20,32-33H,3,5-6,10,12,16-17,21-22H2,1-2H3. The average molecular weight is 452 g/mol. The van der Waals surface area contributed by atoms with Gasteiger partial charge >= 0.3 is 0 Å². The normalized spacial score (nSPS) is 18.6. The lowest BCUT2D eigenvalue weighted by atomic mass is 9.73. The molecule has 0 bridgehead atoms. The second-order valence-electron chi connectivity index (χ2n) is 10.2. The fourth-order valence-electron chi connectivity index (χ4n) is 5.68. The van der Waals surface area contributed by atoms with Crippen LogP contribution in [-0.4, -0.2) is 18.1 Å². The van der Waals surface area contributed by atoms with Crippen LogP contribution in [0.25, 0.3) is 23.4 Å². The van der Waals surface area contributed by atoms with E-state index in [1.54, 1.807) is 0 Å². The van der Waals surface area contributed by atoms with Crippen molar-refractivity contribution in [1.29, 1.82) is 0 Å². The first-order chi connectivity index (χ1) is 16.7. The van der Waals surface area contributed by atoms with E-state index in [2.05, 4.69) is 85.2 Å². The average Bonchev–Trinajstić information content (AvgIpc) is 3.04. The molecule has 2 N–H and O–H groups in total. The van der Waals surface area contributed by atoms with Crippen LogP contribution in [0.2, 0.25) is 0 Å². The maximum absolute atomic E-state index is 4.78. The van der Waals surface area contributed by atoms with Crippen LogP contribution in [0.1, 0.15) is 68.8 Å². The highest BCUT2D eigenvalue weighted by Crippen LogP contribution is 2.35. The van der Waals surface area contributed by atoms with Crippen molar-refractivity contribution in [2.24, 2.45) is 5.41 Å². The van der Waals surface area contributed by atoms with Crippen LogP contribution in [-0.2, 0) is 0 Å². The number of aromatic nitrogens is 1. The molecule has 1 aliphatic carbocycles. The summed E-state index contributed by atoms with van der Waals surface area (Å²) in [7, 11) is 0. The van der Waals surface area contributed by atoms with Gasteiger partial charge in [-0.1, -0.05) is 61.4 Å². The molecule has 5 rings (SSSR count). The Morgan fingerprint density at radius 2 is 1.94 bits per heavy atom. The summed E-state index contributed by atoms with van der Waals surface area (Å²) >= 11 is 0. The van der Waals surface area contributed by atoms with E-state index in [-0.39, 0.29) is 0 Å². The van der Waals surface area contributed by atoms with Crippen molar-refractivity contribution in [3.8, 4) is 0 Å². The van der Waals surface area contributed by atoms with E-state index in [9.17, 15) is 0 Å². The lowest BCUT2D eigenvalue weighted by molar-refractivity contribution is 0.134. The molecule has 0 amide bonds. The monoisotopic (exact) mass is 451 g/mol. The number of aryl methyl sites for hydroxylation is 1. The van der Waals surface area contributed by atoms with E-state index < -0.39 is 0 Å².